The molecule has 0 spiro atoms. The fourth-order valence-electron chi connectivity index (χ4n) is 2.17. The summed E-state index contributed by atoms with van der Waals surface area (Å²) in [4.78, 5) is 11.2. The van der Waals surface area contributed by atoms with Crippen LogP contribution in [-0.2, 0) is 14.3 Å². The lowest BCUT2D eigenvalue weighted by molar-refractivity contribution is -0.484. The molecule has 0 radical (unpaired) electrons. The summed E-state index contributed by atoms with van der Waals surface area (Å²) in [5.41, 5.74) is -9.42. The van der Waals surface area contributed by atoms with Crippen molar-refractivity contribution in [3.63, 3.8) is 0 Å². The molecule has 0 aromatic carbocycles. The van der Waals surface area contributed by atoms with Gasteiger partial charge < -0.3 is 14.6 Å². The molecule has 0 fully saturated rings. The summed E-state index contributed by atoms with van der Waals surface area (Å²) < 4.78 is 258. The van der Waals surface area contributed by atoms with Crippen LogP contribution in [-0.4, -0.2) is 84.1 Å². The average Bonchev–Trinajstić information content (AvgIpc) is 2.73. The van der Waals surface area contributed by atoms with E-state index < -0.39 is 84.6 Å². The Labute approximate surface area is 202 Å². The van der Waals surface area contributed by atoms with Gasteiger partial charge in [-0.25, -0.2) is 9.18 Å². The average molecular weight is 628 g/mol. The lowest BCUT2D eigenvalue weighted by Crippen LogP contribution is -2.77. The largest absolute Gasteiger partial charge is 0.454 e. The summed E-state index contributed by atoms with van der Waals surface area (Å²) in [6, 6.07) is 0. The van der Waals surface area contributed by atoms with Gasteiger partial charge in [0.05, 0.1) is 13.2 Å². The van der Waals surface area contributed by atoms with E-state index in [9.17, 15) is 88.2 Å². The SMILES string of the molecule is C=C(C)C(=O)OC(CO)COC(F)(F)C(F)(F)C(F)(F)C(F)(F)C(F)(F)C(F)(F)C(F)(C(F)(F)F)C(F)(F)F. The minimum atomic E-state index is -9.15. The van der Waals surface area contributed by atoms with Crippen molar-refractivity contribution >= 4 is 5.97 Å². The monoisotopic (exact) mass is 628 g/mol. The standard InChI is InChI=1S/C16H11F19O4/c1-5(2)7(37)39-6(3-36)4-38-16(34,35)13(26,27)12(24,25)11(22,23)10(20,21)9(18,19)8(17,14(28,29)30)15(31,32)33/h6,36H,1,3-4H2,2H3. The molecule has 0 aliphatic rings. The molecule has 0 rings (SSSR count). The maximum absolute atomic E-state index is 13.7. The molecule has 0 aromatic rings. The van der Waals surface area contributed by atoms with Crippen molar-refractivity contribution in [2.45, 2.75) is 66.8 Å². The predicted molar refractivity (Wildman–Crippen MR) is 83.4 cm³/mol. The van der Waals surface area contributed by atoms with Gasteiger partial charge in [0.1, 0.15) is 6.10 Å². The number of aliphatic hydroxyl groups is 1. The topological polar surface area (TPSA) is 55.8 Å². The van der Waals surface area contributed by atoms with Crippen LogP contribution in [0, 0.1) is 0 Å². The predicted octanol–water partition coefficient (Wildman–Crippen LogP) is 6.09. The highest BCUT2D eigenvalue weighted by Crippen LogP contribution is 2.66. The Bertz CT molecular complexity index is 890. The highest BCUT2D eigenvalue weighted by molar-refractivity contribution is 5.87. The van der Waals surface area contributed by atoms with E-state index in [0.717, 1.165) is 6.92 Å². The molecule has 0 saturated carbocycles. The van der Waals surface area contributed by atoms with Crippen LogP contribution in [0.15, 0.2) is 12.2 Å². The van der Waals surface area contributed by atoms with E-state index in [-0.39, 0.29) is 0 Å². The summed E-state index contributed by atoms with van der Waals surface area (Å²) in [5.74, 6) is -45.9. The van der Waals surface area contributed by atoms with Gasteiger partial charge in [-0.2, -0.15) is 79.0 Å². The number of esters is 1. The van der Waals surface area contributed by atoms with Gasteiger partial charge in [0.15, 0.2) is 0 Å². The fourth-order valence-corrected chi connectivity index (χ4v) is 2.17. The zero-order valence-corrected chi connectivity index (χ0v) is 18.1. The first-order valence-electron chi connectivity index (χ1n) is 8.96. The number of carbonyl (C=O) groups excluding carboxylic acids is 1. The van der Waals surface area contributed by atoms with Crippen LogP contribution in [0.1, 0.15) is 6.92 Å². The molecule has 0 heterocycles. The number of ether oxygens (including phenoxy) is 2. The van der Waals surface area contributed by atoms with E-state index in [2.05, 4.69) is 16.1 Å². The Hall–Kier alpha value is -2.20. The quantitative estimate of drug-likeness (QED) is 0.162. The molecule has 232 valence electrons. The highest BCUT2D eigenvalue weighted by atomic mass is 19.4. The first-order chi connectivity index (χ1) is 16.8. The third-order valence-electron chi connectivity index (χ3n) is 4.43. The van der Waals surface area contributed by atoms with Gasteiger partial charge in [0.2, 0.25) is 0 Å². The van der Waals surface area contributed by atoms with E-state index >= 15 is 0 Å². The van der Waals surface area contributed by atoms with Crippen LogP contribution in [0.2, 0.25) is 0 Å². The summed E-state index contributed by atoms with van der Waals surface area (Å²) in [5, 5.41) is 8.76. The minimum Gasteiger partial charge on any atom is -0.454 e. The first-order valence-corrected chi connectivity index (χ1v) is 8.96. The van der Waals surface area contributed by atoms with Crippen LogP contribution >= 0.6 is 0 Å². The second-order valence-electron chi connectivity index (χ2n) is 7.34. The Morgan fingerprint density at radius 1 is 0.667 bits per heavy atom. The van der Waals surface area contributed by atoms with Crippen molar-refractivity contribution in [2.75, 3.05) is 13.2 Å². The van der Waals surface area contributed by atoms with Crippen molar-refractivity contribution in [1.82, 2.24) is 0 Å². The summed E-state index contributed by atoms with van der Waals surface area (Å²) in [6.07, 6.45) is -26.5. The van der Waals surface area contributed by atoms with Crippen LogP contribution in [0.4, 0.5) is 83.4 Å². The normalized spacial score (nSPS) is 16.2. The second kappa shape index (κ2) is 10.3. The molecule has 0 aliphatic carbocycles. The highest BCUT2D eigenvalue weighted by Gasteiger charge is 2.98. The molecule has 0 aliphatic heterocycles. The molecule has 4 nitrogen and oxygen atoms in total. The van der Waals surface area contributed by atoms with Crippen LogP contribution in [0.25, 0.3) is 0 Å². The number of carbonyl (C=O) groups is 1. The van der Waals surface area contributed by atoms with E-state index in [1.54, 1.807) is 0 Å². The summed E-state index contributed by atoms with van der Waals surface area (Å²) in [7, 11) is 0. The van der Waals surface area contributed by atoms with Gasteiger partial charge in [0, 0.05) is 5.57 Å². The molecule has 0 saturated heterocycles. The maximum Gasteiger partial charge on any atom is 0.438 e. The smallest absolute Gasteiger partial charge is 0.438 e. The molecule has 39 heavy (non-hydrogen) atoms. The molecular formula is C16H11F19O4. The third kappa shape index (κ3) is 5.56. The number of rotatable bonds is 12. The first kappa shape index (κ1) is 36.8. The summed E-state index contributed by atoms with van der Waals surface area (Å²) in [6.45, 7) is -0.334. The van der Waals surface area contributed by atoms with E-state index in [4.69, 9.17) is 5.11 Å². The zero-order chi connectivity index (χ0) is 32.1. The van der Waals surface area contributed by atoms with Crippen LogP contribution in [0.5, 0.6) is 0 Å². The van der Waals surface area contributed by atoms with E-state index in [1.165, 1.54) is 0 Å². The van der Waals surface area contributed by atoms with Gasteiger partial charge in [-0.3, -0.25) is 0 Å². The van der Waals surface area contributed by atoms with Gasteiger partial charge in [-0.1, -0.05) is 6.58 Å². The van der Waals surface area contributed by atoms with Gasteiger partial charge in [-0.05, 0) is 6.92 Å². The van der Waals surface area contributed by atoms with Gasteiger partial charge in [0.25, 0.3) is 0 Å². The maximum atomic E-state index is 13.7. The Morgan fingerprint density at radius 2 is 1.00 bits per heavy atom. The molecule has 0 aromatic heterocycles. The van der Waals surface area contributed by atoms with E-state index in [0.29, 0.717) is 0 Å². The minimum absolute atomic E-state index is 0.596. The number of halogens is 19. The molecule has 1 atom stereocenters. The Kier molecular flexibility index (Phi) is 9.74. The molecule has 0 amide bonds. The Balaban J connectivity index is 6.70. The number of hydrogen-bond acceptors (Lipinski definition) is 4. The molecule has 1 unspecified atom stereocenters. The van der Waals surface area contributed by atoms with Gasteiger partial charge in [-0.15, -0.1) is 0 Å². The van der Waals surface area contributed by atoms with Gasteiger partial charge >= 0.3 is 59.7 Å². The van der Waals surface area contributed by atoms with Crippen molar-refractivity contribution in [1.29, 1.82) is 0 Å². The number of hydrogen-bond donors (Lipinski definition) is 1. The lowest BCUT2D eigenvalue weighted by atomic mass is 9.84. The second-order valence-corrected chi connectivity index (χ2v) is 7.34. The van der Waals surface area contributed by atoms with Crippen molar-refractivity contribution < 1.29 is 103 Å². The molecule has 1 N–H and O–H groups in total. The van der Waals surface area contributed by atoms with Crippen LogP contribution in [0.3, 0.4) is 0 Å². The summed E-state index contributed by atoms with van der Waals surface area (Å²) >= 11 is 0. The molecule has 0 bridgehead atoms. The van der Waals surface area contributed by atoms with Crippen molar-refractivity contribution in [3.8, 4) is 0 Å². The Morgan fingerprint density at radius 3 is 1.31 bits per heavy atom. The lowest BCUT2D eigenvalue weighted by Gasteiger charge is -2.44. The third-order valence-corrected chi connectivity index (χ3v) is 4.43. The fraction of sp³-hybridized carbons (Fsp3) is 0.812. The van der Waals surface area contributed by atoms with Crippen molar-refractivity contribution in [2.24, 2.45) is 0 Å². The van der Waals surface area contributed by atoms with E-state index in [1.807, 2.05) is 0 Å². The molecule has 23 heteroatoms. The van der Waals surface area contributed by atoms with Crippen molar-refractivity contribution in [3.05, 3.63) is 12.2 Å². The number of aliphatic hydroxyl groups excluding tert-OH is 1. The molecular weight excluding hydrogens is 617 g/mol. The number of alkyl halides is 19. The zero-order valence-electron chi connectivity index (χ0n) is 18.1. The van der Waals surface area contributed by atoms with Crippen LogP contribution < -0.4 is 0 Å².